The van der Waals surface area contributed by atoms with Crippen molar-refractivity contribution in [2.24, 2.45) is 17.8 Å². The Bertz CT molecular complexity index is 702. The zero-order valence-corrected chi connectivity index (χ0v) is 19.0. The van der Waals surface area contributed by atoms with Crippen LogP contribution < -0.4 is 0 Å². The summed E-state index contributed by atoms with van der Waals surface area (Å²) >= 11 is 0. The monoisotopic (exact) mass is 414 g/mol. The van der Waals surface area contributed by atoms with Gasteiger partial charge in [0.05, 0.1) is 0 Å². The highest BCUT2D eigenvalue weighted by molar-refractivity contribution is 5.28. The van der Waals surface area contributed by atoms with Crippen molar-refractivity contribution < 1.29 is 8.78 Å². The zero-order valence-electron chi connectivity index (χ0n) is 19.0. The van der Waals surface area contributed by atoms with Gasteiger partial charge >= 0.3 is 0 Å². The summed E-state index contributed by atoms with van der Waals surface area (Å²) in [4.78, 5) is 0. The summed E-state index contributed by atoms with van der Waals surface area (Å²) in [5.41, 5.74) is 0.983. The summed E-state index contributed by atoms with van der Waals surface area (Å²) in [6, 6.07) is 3.51. The Morgan fingerprint density at radius 2 is 1.40 bits per heavy atom. The van der Waals surface area contributed by atoms with Crippen LogP contribution in [0.25, 0.3) is 0 Å². The summed E-state index contributed by atoms with van der Waals surface area (Å²) in [5, 5.41) is 0. The minimum absolute atomic E-state index is 0.174. The molecule has 0 bridgehead atoms. The Labute approximate surface area is 182 Å². The Kier molecular flexibility index (Phi) is 9.15. The molecule has 0 heterocycles. The molecule has 2 aliphatic rings. The summed E-state index contributed by atoms with van der Waals surface area (Å²) < 4.78 is 28.2. The van der Waals surface area contributed by atoms with Gasteiger partial charge in [0.1, 0.15) is 0 Å². The van der Waals surface area contributed by atoms with Gasteiger partial charge in [0.25, 0.3) is 0 Å². The van der Waals surface area contributed by atoms with Gasteiger partial charge in [-0.3, -0.25) is 0 Å². The van der Waals surface area contributed by atoms with Crippen molar-refractivity contribution in [1.29, 1.82) is 0 Å². The molecule has 2 heteroatoms. The number of benzene rings is 1. The number of hydrogen-bond acceptors (Lipinski definition) is 0. The molecule has 0 radical (unpaired) electrons. The van der Waals surface area contributed by atoms with Crippen molar-refractivity contribution in [3.05, 3.63) is 59.2 Å². The normalized spacial score (nSPS) is 27.9. The highest BCUT2D eigenvalue weighted by atomic mass is 19.2. The van der Waals surface area contributed by atoms with Gasteiger partial charge in [-0.05, 0) is 100 Å². The van der Waals surface area contributed by atoms with Crippen LogP contribution in [0.4, 0.5) is 8.78 Å². The third kappa shape index (κ3) is 6.53. The summed E-state index contributed by atoms with van der Waals surface area (Å²) in [7, 11) is 0. The van der Waals surface area contributed by atoms with E-state index in [1.54, 1.807) is 19.1 Å². The maximum absolute atomic E-state index is 14.3. The van der Waals surface area contributed by atoms with E-state index in [-0.39, 0.29) is 5.92 Å². The molecule has 1 aromatic rings. The molecule has 2 aliphatic carbocycles. The van der Waals surface area contributed by atoms with Gasteiger partial charge in [-0.1, -0.05) is 62.1 Å². The SMILES string of the molecule is C/C=C/CCC1CCC(CC/C=C/C2CCC(c3ccc(C)c(F)c3F)CC2)CC1. The third-order valence-electron chi connectivity index (χ3n) is 7.61. The summed E-state index contributed by atoms with van der Waals surface area (Å²) in [6.45, 7) is 3.74. The smallest absolute Gasteiger partial charge is 0.162 e. The average molecular weight is 415 g/mol. The molecule has 3 rings (SSSR count). The van der Waals surface area contributed by atoms with Crippen molar-refractivity contribution in [2.45, 2.75) is 96.8 Å². The molecule has 0 saturated heterocycles. The molecule has 0 unspecified atom stereocenters. The standard InChI is InChI=1S/C28H40F2/c1-3-4-5-8-22-12-14-23(15-13-22)9-6-7-10-24-16-18-25(19-17-24)26-20-11-21(2)27(29)28(26)30/h3-4,7,10-11,20,22-25H,5-6,8-9,12-19H2,1-2H3/b4-3+,10-7+. The van der Waals surface area contributed by atoms with Gasteiger partial charge < -0.3 is 0 Å². The van der Waals surface area contributed by atoms with E-state index < -0.39 is 11.6 Å². The minimum atomic E-state index is -0.665. The largest absolute Gasteiger partial charge is 0.203 e. The van der Waals surface area contributed by atoms with E-state index in [1.165, 1.54) is 51.4 Å². The Hall–Kier alpha value is -1.44. The predicted octanol–water partition coefficient (Wildman–Crippen LogP) is 9.05. The fourth-order valence-corrected chi connectivity index (χ4v) is 5.53. The Morgan fingerprint density at radius 3 is 2.00 bits per heavy atom. The van der Waals surface area contributed by atoms with Crippen LogP contribution in [0.5, 0.6) is 0 Å². The predicted molar refractivity (Wildman–Crippen MR) is 124 cm³/mol. The first-order valence-electron chi connectivity index (χ1n) is 12.3. The quantitative estimate of drug-likeness (QED) is 0.372. The number of allylic oxidation sites excluding steroid dienone is 4. The average Bonchev–Trinajstić information content (AvgIpc) is 2.77. The first kappa shape index (κ1) is 23.2. The molecular formula is C28H40F2. The molecule has 0 spiro atoms. The molecule has 1 aromatic carbocycles. The van der Waals surface area contributed by atoms with Crippen LogP contribution in [0.3, 0.4) is 0 Å². The highest BCUT2D eigenvalue weighted by Crippen LogP contribution is 2.38. The molecule has 0 amide bonds. The van der Waals surface area contributed by atoms with Gasteiger partial charge in [-0.25, -0.2) is 8.78 Å². The maximum Gasteiger partial charge on any atom is 0.162 e. The molecule has 30 heavy (non-hydrogen) atoms. The van der Waals surface area contributed by atoms with E-state index in [4.69, 9.17) is 0 Å². The molecule has 0 N–H and O–H groups in total. The second-order valence-electron chi connectivity index (χ2n) is 9.75. The second kappa shape index (κ2) is 11.8. The lowest BCUT2D eigenvalue weighted by atomic mass is 9.77. The molecule has 0 atom stereocenters. The number of halogens is 2. The van der Waals surface area contributed by atoms with Gasteiger partial charge in [0, 0.05) is 0 Å². The fraction of sp³-hybridized carbons (Fsp3) is 0.643. The second-order valence-corrected chi connectivity index (χ2v) is 9.75. The van der Waals surface area contributed by atoms with Crippen LogP contribution in [0.15, 0.2) is 36.4 Å². The van der Waals surface area contributed by atoms with E-state index in [9.17, 15) is 8.78 Å². The molecule has 0 aromatic heterocycles. The molecule has 2 fully saturated rings. The van der Waals surface area contributed by atoms with Crippen LogP contribution in [-0.2, 0) is 0 Å². The Morgan fingerprint density at radius 1 is 0.800 bits per heavy atom. The number of hydrogen-bond donors (Lipinski definition) is 0. The van der Waals surface area contributed by atoms with Crippen molar-refractivity contribution in [3.8, 4) is 0 Å². The van der Waals surface area contributed by atoms with E-state index in [2.05, 4.69) is 31.2 Å². The summed E-state index contributed by atoms with van der Waals surface area (Å²) in [5.74, 6) is 1.37. The van der Waals surface area contributed by atoms with Crippen molar-refractivity contribution in [2.75, 3.05) is 0 Å². The molecule has 0 aliphatic heterocycles. The molecule has 2 saturated carbocycles. The molecular weight excluding hydrogens is 374 g/mol. The van der Waals surface area contributed by atoms with Crippen LogP contribution in [-0.4, -0.2) is 0 Å². The van der Waals surface area contributed by atoms with Gasteiger partial charge in [0.2, 0.25) is 0 Å². The minimum Gasteiger partial charge on any atom is -0.203 e. The van der Waals surface area contributed by atoms with E-state index in [1.807, 2.05) is 0 Å². The number of aryl methyl sites for hydroxylation is 1. The topological polar surface area (TPSA) is 0 Å². The number of rotatable bonds is 8. The third-order valence-corrected chi connectivity index (χ3v) is 7.61. The van der Waals surface area contributed by atoms with Crippen molar-refractivity contribution >= 4 is 0 Å². The molecule has 0 nitrogen and oxygen atoms in total. The van der Waals surface area contributed by atoms with Crippen LogP contribution in [0.2, 0.25) is 0 Å². The van der Waals surface area contributed by atoms with Crippen LogP contribution in [0, 0.1) is 36.3 Å². The van der Waals surface area contributed by atoms with E-state index in [0.29, 0.717) is 17.0 Å². The first-order chi connectivity index (χ1) is 14.6. The highest BCUT2D eigenvalue weighted by Gasteiger charge is 2.25. The van der Waals surface area contributed by atoms with E-state index in [0.717, 1.165) is 37.5 Å². The zero-order chi connectivity index (χ0) is 21.3. The van der Waals surface area contributed by atoms with Crippen molar-refractivity contribution in [1.82, 2.24) is 0 Å². The maximum atomic E-state index is 14.3. The lowest BCUT2D eigenvalue weighted by molar-refractivity contribution is 0.255. The van der Waals surface area contributed by atoms with Gasteiger partial charge in [-0.15, -0.1) is 0 Å². The lowest BCUT2D eigenvalue weighted by Crippen LogP contribution is -2.14. The Balaban J connectivity index is 1.34. The summed E-state index contributed by atoms with van der Waals surface area (Å²) in [6.07, 6.45) is 24.2. The first-order valence-corrected chi connectivity index (χ1v) is 12.3. The molecule has 166 valence electrons. The van der Waals surface area contributed by atoms with Gasteiger partial charge in [0.15, 0.2) is 11.6 Å². The fourth-order valence-electron chi connectivity index (χ4n) is 5.53. The lowest BCUT2D eigenvalue weighted by Gasteiger charge is -2.28. The van der Waals surface area contributed by atoms with Gasteiger partial charge in [-0.2, -0.15) is 0 Å². The van der Waals surface area contributed by atoms with Crippen LogP contribution in [0.1, 0.15) is 101 Å². The van der Waals surface area contributed by atoms with Crippen LogP contribution >= 0.6 is 0 Å². The van der Waals surface area contributed by atoms with E-state index >= 15 is 0 Å². The van der Waals surface area contributed by atoms with Crippen molar-refractivity contribution in [3.63, 3.8) is 0 Å².